The molecule has 0 aliphatic heterocycles. The molecular weight excluding hydrogens is 372 g/mol. The second-order valence-electron chi connectivity index (χ2n) is 5.26. The van der Waals surface area contributed by atoms with Gasteiger partial charge in [-0.25, -0.2) is 0 Å². The summed E-state index contributed by atoms with van der Waals surface area (Å²) in [6.45, 7) is 0. The molecule has 4 rings (SSSR count). The lowest BCUT2D eigenvalue weighted by Gasteiger charge is -2.03. The van der Waals surface area contributed by atoms with E-state index in [4.69, 9.17) is 16.1 Å². The van der Waals surface area contributed by atoms with Crippen molar-refractivity contribution in [2.45, 2.75) is 0 Å². The van der Waals surface area contributed by atoms with Gasteiger partial charge in [-0.15, -0.1) is 11.3 Å². The van der Waals surface area contributed by atoms with Gasteiger partial charge >= 0.3 is 0 Å². The van der Waals surface area contributed by atoms with Crippen LogP contribution in [0.15, 0.2) is 64.6 Å². The number of amides is 1. The van der Waals surface area contributed by atoms with Crippen LogP contribution in [-0.4, -0.2) is 21.0 Å². The molecule has 0 spiro atoms. The van der Waals surface area contributed by atoms with Gasteiger partial charge in [0.1, 0.15) is 10.6 Å². The van der Waals surface area contributed by atoms with Crippen LogP contribution in [0.3, 0.4) is 0 Å². The molecule has 1 aromatic carbocycles. The van der Waals surface area contributed by atoms with E-state index >= 15 is 0 Å². The number of hydrogen-bond acceptors (Lipinski definition) is 6. The van der Waals surface area contributed by atoms with Crippen LogP contribution >= 0.6 is 22.9 Å². The Morgan fingerprint density at radius 1 is 1.12 bits per heavy atom. The largest absolute Gasteiger partial charge is 0.333 e. The van der Waals surface area contributed by atoms with Gasteiger partial charge < -0.3 is 9.84 Å². The van der Waals surface area contributed by atoms with E-state index in [1.807, 2.05) is 17.5 Å². The highest BCUT2D eigenvalue weighted by atomic mass is 35.5. The third-order valence-corrected chi connectivity index (χ3v) is 4.69. The van der Waals surface area contributed by atoms with E-state index < -0.39 is 0 Å². The fourth-order valence-corrected chi connectivity index (χ4v) is 3.18. The molecule has 0 aliphatic carbocycles. The first-order valence-corrected chi connectivity index (χ1v) is 8.86. The Bertz CT molecular complexity index is 1040. The number of aromatic nitrogens is 3. The van der Waals surface area contributed by atoms with Crippen LogP contribution in [0.1, 0.15) is 10.5 Å². The number of anilines is 1. The summed E-state index contributed by atoms with van der Waals surface area (Å²) >= 11 is 7.30. The van der Waals surface area contributed by atoms with Crippen molar-refractivity contribution in [3.05, 3.63) is 70.8 Å². The molecule has 0 atom stereocenters. The first-order chi connectivity index (χ1) is 12.7. The maximum Gasteiger partial charge on any atom is 0.274 e. The number of carbonyl (C=O) groups is 1. The predicted molar refractivity (Wildman–Crippen MR) is 100 cm³/mol. The highest BCUT2D eigenvalue weighted by Gasteiger charge is 2.18. The van der Waals surface area contributed by atoms with Crippen LogP contribution in [-0.2, 0) is 0 Å². The van der Waals surface area contributed by atoms with Gasteiger partial charge in [-0.1, -0.05) is 22.8 Å². The van der Waals surface area contributed by atoms with Crippen molar-refractivity contribution < 1.29 is 9.32 Å². The van der Waals surface area contributed by atoms with Crippen molar-refractivity contribution in [2.24, 2.45) is 0 Å². The Hall–Kier alpha value is -3.03. The van der Waals surface area contributed by atoms with E-state index in [9.17, 15) is 4.79 Å². The molecule has 0 saturated carbocycles. The normalized spacial score (nSPS) is 10.7. The zero-order valence-electron chi connectivity index (χ0n) is 13.2. The monoisotopic (exact) mass is 382 g/mol. The lowest BCUT2D eigenvalue weighted by atomic mass is 10.2. The molecule has 0 bridgehead atoms. The maximum absolute atomic E-state index is 12.3. The molecule has 1 N–H and O–H groups in total. The summed E-state index contributed by atoms with van der Waals surface area (Å²) in [5.41, 5.74) is 1.72. The molecule has 0 aliphatic rings. The van der Waals surface area contributed by atoms with Gasteiger partial charge in [-0.3, -0.25) is 9.78 Å². The Labute approximate surface area is 157 Å². The average molecular weight is 383 g/mol. The minimum absolute atomic E-state index is 0.303. The van der Waals surface area contributed by atoms with Crippen LogP contribution in [0.25, 0.3) is 22.2 Å². The SMILES string of the molecule is O=C(Nc1ccsc1-c1nc(-c2ccc(Cl)cc2)no1)c1ccccn1. The summed E-state index contributed by atoms with van der Waals surface area (Å²) in [7, 11) is 0. The van der Waals surface area contributed by atoms with E-state index in [0.717, 1.165) is 5.56 Å². The third-order valence-electron chi connectivity index (χ3n) is 3.53. The molecule has 3 aromatic heterocycles. The zero-order valence-corrected chi connectivity index (χ0v) is 14.8. The molecule has 4 aromatic rings. The zero-order chi connectivity index (χ0) is 17.9. The Kier molecular flexibility index (Phi) is 4.47. The van der Waals surface area contributed by atoms with Gasteiger partial charge in [0.2, 0.25) is 5.82 Å². The Morgan fingerprint density at radius 3 is 2.73 bits per heavy atom. The summed E-state index contributed by atoms with van der Waals surface area (Å²) in [6.07, 6.45) is 1.57. The van der Waals surface area contributed by atoms with Crippen LogP contribution in [0.2, 0.25) is 5.02 Å². The topological polar surface area (TPSA) is 80.9 Å². The van der Waals surface area contributed by atoms with Crippen molar-refractivity contribution >= 4 is 34.5 Å². The smallest absolute Gasteiger partial charge is 0.274 e. The summed E-state index contributed by atoms with van der Waals surface area (Å²) < 4.78 is 5.37. The van der Waals surface area contributed by atoms with Crippen LogP contribution < -0.4 is 5.32 Å². The minimum Gasteiger partial charge on any atom is -0.333 e. The van der Waals surface area contributed by atoms with Crippen molar-refractivity contribution in [2.75, 3.05) is 5.32 Å². The van der Waals surface area contributed by atoms with Crippen molar-refractivity contribution in [1.29, 1.82) is 0 Å². The second-order valence-corrected chi connectivity index (χ2v) is 6.62. The lowest BCUT2D eigenvalue weighted by Crippen LogP contribution is -2.13. The number of halogens is 1. The molecule has 128 valence electrons. The number of nitrogens with one attached hydrogen (secondary N) is 1. The van der Waals surface area contributed by atoms with Crippen LogP contribution in [0.5, 0.6) is 0 Å². The molecular formula is C18H11ClN4O2S. The van der Waals surface area contributed by atoms with Gasteiger partial charge in [0.05, 0.1) is 5.69 Å². The molecule has 0 saturated heterocycles. The van der Waals surface area contributed by atoms with Crippen LogP contribution in [0, 0.1) is 0 Å². The molecule has 6 nitrogen and oxygen atoms in total. The quantitative estimate of drug-likeness (QED) is 0.550. The predicted octanol–water partition coefficient (Wildman–Crippen LogP) is 4.77. The number of benzene rings is 1. The molecule has 1 amide bonds. The average Bonchev–Trinajstić information content (AvgIpc) is 3.32. The van der Waals surface area contributed by atoms with Gasteiger partial charge in [-0.2, -0.15) is 4.98 Å². The molecule has 0 unspecified atom stereocenters. The number of carbonyl (C=O) groups excluding carboxylic acids is 1. The first kappa shape index (κ1) is 16.4. The maximum atomic E-state index is 12.3. The molecule has 8 heteroatoms. The Morgan fingerprint density at radius 2 is 1.96 bits per heavy atom. The highest BCUT2D eigenvalue weighted by Crippen LogP contribution is 2.34. The lowest BCUT2D eigenvalue weighted by molar-refractivity contribution is 0.102. The number of thiophene rings is 1. The van der Waals surface area contributed by atoms with Crippen molar-refractivity contribution in [3.63, 3.8) is 0 Å². The third kappa shape index (κ3) is 3.35. The van der Waals surface area contributed by atoms with Gasteiger partial charge in [0.15, 0.2) is 0 Å². The van der Waals surface area contributed by atoms with Crippen molar-refractivity contribution in [3.8, 4) is 22.2 Å². The minimum atomic E-state index is -0.303. The van der Waals surface area contributed by atoms with E-state index in [0.29, 0.717) is 33.0 Å². The molecule has 26 heavy (non-hydrogen) atoms. The van der Waals surface area contributed by atoms with E-state index in [-0.39, 0.29) is 5.91 Å². The number of rotatable bonds is 4. The highest BCUT2D eigenvalue weighted by molar-refractivity contribution is 7.14. The summed E-state index contributed by atoms with van der Waals surface area (Å²) in [5, 5.41) is 9.31. The molecule has 0 fully saturated rings. The fourth-order valence-electron chi connectivity index (χ4n) is 2.29. The fraction of sp³-hybridized carbons (Fsp3) is 0. The molecule has 0 radical (unpaired) electrons. The van der Waals surface area contributed by atoms with Crippen molar-refractivity contribution in [1.82, 2.24) is 15.1 Å². The van der Waals surface area contributed by atoms with Gasteiger partial charge in [0.25, 0.3) is 11.8 Å². The summed E-state index contributed by atoms with van der Waals surface area (Å²) in [5.74, 6) is 0.482. The van der Waals surface area contributed by atoms with Gasteiger partial charge in [0, 0.05) is 16.8 Å². The van der Waals surface area contributed by atoms with E-state index in [2.05, 4.69) is 20.4 Å². The van der Waals surface area contributed by atoms with E-state index in [1.54, 1.807) is 42.6 Å². The standard InChI is InChI=1S/C18H11ClN4O2S/c19-12-6-4-11(5-7-12)16-22-18(25-23-16)15-13(8-10-26-15)21-17(24)14-3-1-2-9-20-14/h1-10H,(H,21,24). The number of hydrogen-bond donors (Lipinski definition) is 1. The number of nitrogens with zero attached hydrogens (tertiary/aromatic N) is 3. The van der Waals surface area contributed by atoms with Gasteiger partial charge in [-0.05, 0) is 47.8 Å². The Balaban J connectivity index is 1.59. The first-order valence-electron chi connectivity index (χ1n) is 7.60. The van der Waals surface area contributed by atoms with E-state index in [1.165, 1.54) is 11.3 Å². The number of pyridine rings is 1. The molecule has 3 heterocycles. The summed E-state index contributed by atoms with van der Waals surface area (Å²) in [6, 6.07) is 14.1. The van der Waals surface area contributed by atoms with Crippen LogP contribution in [0.4, 0.5) is 5.69 Å². The second kappa shape index (κ2) is 7.07. The summed E-state index contributed by atoms with van der Waals surface area (Å²) in [4.78, 5) is 21.4.